The van der Waals surface area contributed by atoms with E-state index in [-0.39, 0.29) is 0 Å². The molecular weight excluding hydrogens is 352 g/mol. The first kappa shape index (κ1) is 19.4. The van der Waals surface area contributed by atoms with Crippen LogP contribution in [-0.2, 0) is 12.8 Å². The summed E-state index contributed by atoms with van der Waals surface area (Å²) in [6, 6.07) is 13.4. The maximum atomic E-state index is 8.00. The summed E-state index contributed by atoms with van der Waals surface area (Å²) in [6.45, 7) is 0. The highest BCUT2D eigenvalue weighted by Crippen LogP contribution is 2.35. The van der Waals surface area contributed by atoms with Gasteiger partial charge in [-0.3, -0.25) is 10.8 Å². The molecule has 4 nitrogen and oxygen atoms in total. The van der Waals surface area contributed by atoms with Crippen LogP contribution >= 0.6 is 11.3 Å². The van der Waals surface area contributed by atoms with E-state index in [4.69, 9.17) is 10.8 Å². The maximum Gasteiger partial charge on any atom is 0.0955 e. The highest BCUT2D eigenvalue weighted by molar-refractivity contribution is 7.25. The first-order valence-electron chi connectivity index (χ1n) is 9.28. The molecule has 2 N–H and O–H groups in total. The molecule has 0 fully saturated rings. The summed E-state index contributed by atoms with van der Waals surface area (Å²) >= 11 is 1.84. The van der Waals surface area contributed by atoms with E-state index in [1.807, 2.05) is 49.3 Å². The second-order valence-corrected chi connectivity index (χ2v) is 8.53. The number of fused-ring (bicyclic) bond motifs is 3. The lowest BCUT2D eigenvalue weighted by molar-refractivity contribution is 0.597. The van der Waals surface area contributed by atoms with E-state index in [1.165, 1.54) is 31.3 Å². The second-order valence-electron chi connectivity index (χ2n) is 7.45. The van der Waals surface area contributed by atoms with Gasteiger partial charge in [0.05, 0.1) is 11.7 Å². The zero-order valence-electron chi connectivity index (χ0n) is 16.6. The van der Waals surface area contributed by atoms with Crippen LogP contribution in [0.2, 0.25) is 0 Å². The number of amidine groups is 2. The molecule has 0 spiro atoms. The summed E-state index contributed by atoms with van der Waals surface area (Å²) in [5.74, 6) is 1.33. The summed E-state index contributed by atoms with van der Waals surface area (Å²) in [4.78, 5) is 3.74. The summed E-state index contributed by atoms with van der Waals surface area (Å²) in [5, 5.41) is 18.6. The van der Waals surface area contributed by atoms with E-state index in [0.29, 0.717) is 11.7 Å². The highest BCUT2D eigenvalue weighted by Gasteiger charge is 2.09. The first-order valence-corrected chi connectivity index (χ1v) is 10.1. The van der Waals surface area contributed by atoms with Gasteiger partial charge >= 0.3 is 0 Å². The summed E-state index contributed by atoms with van der Waals surface area (Å²) < 4.78 is 2.63. The lowest BCUT2D eigenvalue weighted by atomic mass is 10.0. The Morgan fingerprint density at radius 3 is 1.52 bits per heavy atom. The molecule has 3 aromatic rings. The predicted octanol–water partition coefficient (Wildman–Crippen LogP) is 5.00. The molecule has 0 bridgehead atoms. The maximum absolute atomic E-state index is 8.00. The highest BCUT2D eigenvalue weighted by atomic mass is 32.1. The van der Waals surface area contributed by atoms with E-state index < -0.39 is 0 Å². The number of hydrogen-bond donors (Lipinski definition) is 2. The van der Waals surface area contributed by atoms with Gasteiger partial charge in [0.25, 0.3) is 0 Å². The molecule has 5 heteroatoms. The number of thiophene rings is 1. The fraction of sp³-hybridized carbons (Fsp3) is 0.364. The number of rotatable bonds is 6. The topological polar surface area (TPSA) is 54.2 Å². The van der Waals surface area contributed by atoms with E-state index in [9.17, 15) is 0 Å². The molecule has 0 atom stereocenters. The Labute approximate surface area is 165 Å². The minimum atomic E-state index is 0.663. The van der Waals surface area contributed by atoms with Gasteiger partial charge in [-0.15, -0.1) is 11.3 Å². The molecule has 3 rings (SSSR count). The van der Waals surface area contributed by atoms with E-state index in [1.54, 1.807) is 0 Å². The van der Waals surface area contributed by atoms with Crippen LogP contribution in [0.3, 0.4) is 0 Å². The minimum absolute atomic E-state index is 0.663. The van der Waals surface area contributed by atoms with Gasteiger partial charge in [0, 0.05) is 61.2 Å². The Bertz CT molecular complexity index is 906. The van der Waals surface area contributed by atoms with Crippen LogP contribution in [0.15, 0.2) is 36.4 Å². The summed E-state index contributed by atoms with van der Waals surface area (Å²) in [7, 11) is 7.70. The van der Waals surface area contributed by atoms with Crippen LogP contribution in [0.1, 0.15) is 24.0 Å². The number of nitrogens with zero attached hydrogens (tertiary/aromatic N) is 2. The van der Waals surface area contributed by atoms with Crippen molar-refractivity contribution in [1.29, 1.82) is 10.8 Å². The Morgan fingerprint density at radius 1 is 0.741 bits per heavy atom. The van der Waals surface area contributed by atoms with Crippen LogP contribution in [0.5, 0.6) is 0 Å². The van der Waals surface area contributed by atoms with Crippen molar-refractivity contribution in [2.45, 2.75) is 25.7 Å². The third-order valence-corrected chi connectivity index (χ3v) is 6.13. The lowest BCUT2D eigenvalue weighted by Gasteiger charge is -2.13. The number of nitrogens with one attached hydrogen (secondary N) is 2. The summed E-state index contributed by atoms with van der Waals surface area (Å²) in [5.41, 5.74) is 2.57. The lowest BCUT2D eigenvalue weighted by Crippen LogP contribution is -2.21. The average molecular weight is 381 g/mol. The molecule has 0 aliphatic rings. The summed E-state index contributed by atoms with van der Waals surface area (Å²) in [6.07, 6.45) is 3.31. The van der Waals surface area contributed by atoms with Gasteiger partial charge in [-0.25, -0.2) is 0 Å². The van der Waals surface area contributed by atoms with Crippen molar-refractivity contribution >= 4 is 43.2 Å². The van der Waals surface area contributed by atoms with Crippen LogP contribution < -0.4 is 0 Å². The molecule has 1 aromatic heterocycles. The quantitative estimate of drug-likeness (QED) is 0.467. The van der Waals surface area contributed by atoms with Crippen molar-refractivity contribution < 1.29 is 0 Å². The van der Waals surface area contributed by atoms with Gasteiger partial charge in [-0.2, -0.15) is 0 Å². The third-order valence-electron chi connectivity index (χ3n) is 4.98. The number of benzene rings is 2. The van der Waals surface area contributed by atoms with Crippen LogP contribution in [0.4, 0.5) is 0 Å². The molecule has 0 amide bonds. The van der Waals surface area contributed by atoms with Gasteiger partial charge in [0.15, 0.2) is 0 Å². The fourth-order valence-corrected chi connectivity index (χ4v) is 4.22. The first-order chi connectivity index (χ1) is 12.8. The van der Waals surface area contributed by atoms with Crippen LogP contribution in [-0.4, -0.2) is 49.7 Å². The van der Waals surface area contributed by atoms with Crippen LogP contribution in [0, 0.1) is 10.8 Å². The Balaban J connectivity index is 1.85. The van der Waals surface area contributed by atoms with Crippen molar-refractivity contribution in [3.8, 4) is 0 Å². The predicted molar refractivity (Wildman–Crippen MR) is 119 cm³/mol. The molecule has 0 aliphatic carbocycles. The smallest absolute Gasteiger partial charge is 0.0955 e. The molecule has 0 radical (unpaired) electrons. The fourth-order valence-electron chi connectivity index (χ4n) is 3.16. The van der Waals surface area contributed by atoms with Crippen molar-refractivity contribution in [2.75, 3.05) is 28.2 Å². The largest absolute Gasteiger partial charge is 0.367 e. The standard InChI is InChI=1S/C22H28N4S/c1-25(2)21(23)11-7-15-5-9-19-17(13-15)18-14-16(6-10-20(18)27-19)8-12-22(24)26(3)4/h5-6,9-10,13-14,23-24H,7-8,11-12H2,1-4H3. The van der Waals surface area contributed by atoms with E-state index in [0.717, 1.165) is 25.7 Å². The Kier molecular flexibility index (Phi) is 5.80. The van der Waals surface area contributed by atoms with Crippen LogP contribution in [0.25, 0.3) is 20.2 Å². The van der Waals surface area contributed by atoms with E-state index >= 15 is 0 Å². The van der Waals surface area contributed by atoms with Crippen molar-refractivity contribution in [3.05, 3.63) is 47.5 Å². The molecule has 0 unspecified atom stereocenters. The monoisotopic (exact) mass is 380 g/mol. The molecule has 0 saturated carbocycles. The van der Waals surface area contributed by atoms with Crippen molar-refractivity contribution in [1.82, 2.24) is 9.80 Å². The zero-order chi connectivity index (χ0) is 19.6. The molecular formula is C22H28N4S. The third kappa shape index (κ3) is 4.48. The van der Waals surface area contributed by atoms with Gasteiger partial charge in [-0.1, -0.05) is 12.1 Å². The van der Waals surface area contributed by atoms with Crippen molar-refractivity contribution in [3.63, 3.8) is 0 Å². The zero-order valence-corrected chi connectivity index (χ0v) is 17.4. The molecule has 1 heterocycles. The normalized spacial score (nSPS) is 11.1. The number of hydrogen-bond acceptors (Lipinski definition) is 3. The Hall–Kier alpha value is -2.40. The molecule has 142 valence electrons. The van der Waals surface area contributed by atoms with Gasteiger partial charge < -0.3 is 9.80 Å². The molecule has 0 aliphatic heterocycles. The molecule has 2 aromatic carbocycles. The second kappa shape index (κ2) is 8.09. The van der Waals surface area contributed by atoms with Gasteiger partial charge in [0.2, 0.25) is 0 Å². The SMILES string of the molecule is CN(C)C(=N)CCc1ccc2sc3ccc(CCC(=N)N(C)C)cc3c2c1. The molecule has 0 saturated heterocycles. The van der Waals surface area contributed by atoms with Gasteiger partial charge in [-0.05, 0) is 48.2 Å². The Morgan fingerprint density at radius 2 is 1.15 bits per heavy atom. The average Bonchev–Trinajstić information content (AvgIpc) is 3.01. The van der Waals surface area contributed by atoms with E-state index in [2.05, 4.69) is 36.4 Å². The van der Waals surface area contributed by atoms with Crippen molar-refractivity contribution in [2.24, 2.45) is 0 Å². The minimum Gasteiger partial charge on any atom is -0.367 e. The van der Waals surface area contributed by atoms with Gasteiger partial charge in [0.1, 0.15) is 0 Å². The molecule has 27 heavy (non-hydrogen) atoms. The number of aryl methyl sites for hydroxylation is 2.